The summed E-state index contributed by atoms with van der Waals surface area (Å²) < 4.78 is 0. The maximum Gasteiger partial charge on any atom is 0.219 e. The number of rotatable bonds is 0. The number of hydrogen-bond donors (Lipinski definition) is 0. The van der Waals surface area contributed by atoms with Crippen LogP contribution >= 0.6 is 0 Å². The normalized spacial score (nSPS) is 18.7. The SMILES string of the molecule is CC(=O)N1[CH]CC1. The van der Waals surface area contributed by atoms with Crippen LogP contribution in [0.4, 0.5) is 0 Å². The van der Waals surface area contributed by atoms with E-state index in [-0.39, 0.29) is 5.91 Å². The van der Waals surface area contributed by atoms with Crippen molar-refractivity contribution in [3.05, 3.63) is 6.54 Å². The van der Waals surface area contributed by atoms with Gasteiger partial charge in [-0.1, -0.05) is 0 Å². The number of carbonyl (C=O) groups is 1. The summed E-state index contributed by atoms with van der Waals surface area (Å²) in [4.78, 5) is 12.0. The van der Waals surface area contributed by atoms with Crippen LogP contribution < -0.4 is 0 Å². The lowest BCUT2D eigenvalue weighted by atomic mass is 10.2. The third-order valence-corrected chi connectivity index (χ3v) is 1.12. The number of amides is 1. The second kappa shape index (κ2) is 1.52. The average molecular weight is 98.1 g/mol. The molecule has 1 radical (unpaired) electrons. The smallest absolute Gasteiger partial charge is 0.219 e. The molecule has 1 aliphatic heterocycles. The van der Waals surface area contributed by atoms with Crippen LogP contribution in [0.5, 0.6) is 0 Å². The summed E-state index contributed by atoms with van der Waals surface area (Å²) in [5, 5.41) is 0. The van der Waals surface area contributed by atoms with Crippen LogP contribution in [0, 0.1) is 6.54 Å². The molecule has 1 saturated heterocycles. The van der Waals surface area contributed by atoms with Gasteiger partial charge >= 0.3 is 0 Å². The molecule has 0 aromatic carbocycles. The molecule has 1 rings (SSSR count). The van der Waals surface area contributed by atoms with E-state index in [0.29, 0.717) is 0 Å². The predicted octanol–water partition coefficient (Wildman–Crippen LogP) is 0.400. The van der Waals surface area contributed by atoms with Gasteiger partial charge in [-0.25, -0.2) is 0 Å². The minimum Gasteiger partial charge on any atom is -0.338 e. The monoisotopic (exact) mass is 98.1 g/mol. The van der Waals surface area contributed by atoms with Gasteiger partial charge in [0.15, 0.2) is 0 Å². The topological polar surface area (TPSA) is 20.3 Å². The van der Waals surface area contributed by atoms with Gasteiger partial charge in [-0.05, 0) is 6.42 Å². The Morgan fingerprint density at radius 3 is 2.43 bits per heavy atom. The van der Waals surface area contributed by atoms with Gasteiger partial charge in [-0.3, -0.25) is 4.79 Å². The lowest BCUT2D eigenvalue weighted by molar-refractivity contribution is -0.129. The highest BCUT2D eigenvalue weighted by atomic mass is 16.2. The molecule has 0 N–H and O–H groups in total. The van der Waals surface area contributed by atoms with E-state index in [0.717, 1.165) is 13.0 Å². The van der Waals surface area contributed by atoms with E-state index in [4.69, 9.17) is 0 Å². The molecule has 0 aromatic heterocycles. The highest BCUT2D eigenvalue weighted by Crippen LogP contribution is 2.09. The molecule has 1 amide bonds. The van der Waals surface area contributed by atoms with Crippen molar-refractivity contribution in [2.75, 3.05) is 6.54 Å². The third kappa shape index (κ3) is 0.734. The minimum atomic E-state index is 0.159. The quantitative estimate of drug-likeness (QED) is 0.429. The number of nitrogens with zero attached hydrogens (tertiary/aromatic N) is 1. The van der Waals surface area contributed by atoms with E-state index in [1.54, 1.807) is 11.8 Å². The summed E-state index contributed by atoms with van der Waals surface area (Å²) in [5.41, 5.74) is 0. The van der Waals surface area contributed by atoms with Crippen LogP contribution in [0.3, 0.4) is 0 Å². The van der Waals surface area contributed by atoms with Crippen LogP contribution in [0.2, 0.25) is 0 Å². The molecule has 1 fully saturated rings. The summed E-state index contributed by atoms with van der Waals surface area (Å²) in [6.07, 6.45) is 1.07. The first-order valence-corrected chi connectivity index (χ1v) is 2.41. The second-order valence-corrected chi connectivity index (χ2v) is 1.68. The van der Waals surface area contributed by atoms with Crippen molar-refractivity contribution in [3.63, 3.8) is 0 Å². The highest BCUT2D eigenvalue weighted by Gasteiger charge is 2.15. The number of likely N-dealkylation sites (tertiary alicyclic amines) is 1. The molecule has 7 heavy (non-hydrogen) atoms. The molecule has 0 unspecified atom stereocenters. The second-order valence-electron chi connectivity index (χ2n) is 1.68. The molecule has 1 aliphatic rings. The molecular weight excluding hydrogens is 90.1 g/mol. The fraction of sp³-hybridized carbons (Fsp3) is 0.600. The molecule has 0 bridgehead atoms. The molecule has 0 aromatic rings. The van der Waals surface area contributed by atoms with Gasteiger partial charge < -0.3 is 4.90 Å². The van der Waals surface area contributed by atoms with E-state index in [9.17, 15) is 4.79 Å². The Morgan fingerprint density at radius 2 is 2.43 bits per heavy atom. The van der Waals surface area contributed by atoms with Gasteiger partial charge in [-0.2, -0.15) is 0 Å². The predicted molar refractivity (Wildman–Crippen MR) is 26.3 cm³/mol. The fourth-order valence-electron chi connectivity index (χ4n) is 0.544. The molecule has 2 heteroatoms. The van der Waals surface area contributed by atoms with Crippen molar-refractivity contribution >= 4 is 5.91 Å². The number of carbonyl (C=O) groups excluding carboxylic acids is 1. The standard InChI is InChI=1S/C5H8NO/c1-5(7)6-3-2-4-6/h3H,2,4H2,1H3. The van der Waals surface area contributed by atoms with Gasteiger partial charge in [0.2, 0.25) is 5.91 Å². The van der Waals surface area contributed by atoms with Crippen molar-refractivity contribution in [2.24, 2.45) is 0 Å². The Labute approximate surface area is 43.1 Å². The van der Waals surface area contributed by atoms with Crippen LogP contribution in [0.1, 0.15) is 13.3 Å². The zero-order chi connectivity index (χ0) is 5.28. The van der Waals surface area contributed by atoms with Gasteiger partial charge in [0.05, 0.1) is 6.54 Å². The van der Waals surface area contributed by atoms with Gasteiger partial charge in [-0.15, -0.1) is 0 Å². The fourth-order valence-corrected chi connectivity index (χ4v) is 0.544. The first-order valence-electron chi connectivity index (χ1n) is 2.41. The molecule has 0 atom stereocenters. The molecule has 0 aliphatic carbocycles. The van der Waals surface area contributed by atoms with Crippen molar-refractivity contribution in [3.8, 4) is 0 Å². The minimum absolute atomic E-state index is 0.159. The molecular formula is C5H8NO. The van der Waals surface area contributed by atoms with E-state index < -0.39 is 0 Å². The third-order valence-electron chi connectivity index (χ3n) is 1.12. The Balaban J connectivity index is 2.27. The van der Waals surface area contributed by atoms with Crippen LogP contribution in [-0.2, 0) is 4.79 Å². The summed E-state index contributed by atoms with van der Waals surface area (Å²) >= 11 is 0. The van der Waals surface area contributed by atoms with Crippen LogP contribution in [0.25, 0.3) is 0 Å². The first-order chi connectivity index (χ1) is 3.30. The maximum atomic E-state index is 10.3. The van der Waals surface area contributed by atoms with Gasteiger partial charge in [0, 0.05) is 13.5 Å². The van der Waals surface area contributed by atoms with Gasteiger partial charge in [0.25, 0.3) is 0 Å². The zero-order valence-electron chi connectivity index (χ0n) is 4.35. The Morgan fingerprint density at radius 1 is 1.86 bits per heavy atom. The van der Waals surface area contributed by atoms with Gasteiger partial charge in [0.1, 0.15) is 0 Å². The molecule has 0 saturated carbocycles. The van der Waals surface area contributed by atoms with Crippen molar-refractivity contribution < 1.29 is 4.79 Å². The average Bonchev–Trinajstić information content (AvgIpc) is 1.23. The Hall–Kier alpha value is -0.530. The molecule has 2 nitrogen and oxygen atoms in total. The lowest BCUT2D eigenvalue weighted by Crippen LogP contribution is -2.35. The first kappa shape index (κ1) is 4.62. The largest absolute Gasteiger partial charge is 0.338 e. The molecule has 0 spiro atoms. The maximum absolute atomic E-state index is 10.3. The van der Waals surface area contributed by atoms with Crippen molar-refractivity contribution in [1.82, 2.24) is 4.90 Å². The Bertz CT molecular complexity index is 86.1. The summed E-state index contributed by atoms with van der Waals surface area (Å²) in [6, 6.07) is 0. The lowest BCUT2D eigenvalue weighted by Gasteiger charge is -2.28. The zero-order valence-corrected chi connectivity index (χ0v) is 4.35. The molecule has 39 valence electrons. The van der Waals surface area contributed by atoms with E-state index >= 15 is 0 Å². The van der Waals surface area contributed by atoms with Crippen molar-refractivity contribution in [2.45, 2.75) is 13.3 Å². The van der Waals surface area contributed by atoms with E-state index in [2.05, 4.69) is 0 Å². The van der Waals surface area contributed by atoms with Crippen LogP contribution in [0.15, 0.2) is 0 Å². The van der Waals surface area contributed by atoms with Crippen LogP contribution in [-0.4, -0.2) is 17.4 Å². The molecule has 1 heterocycles. The van der Waals surface area contributed by atoms with E-state index in [1.807, 2.05) is 6.54 Å². The summed E-state index contributed by atoms with van der Waals surface area (Å²) in [5.74, 6) is 0.159. The Kier molecular flexibility index (Phi) is 1.01. The van der Waals surface area contributed by atoms with Crippen molar-refractivity contribution in [1.29, 1.82) is 0 Å². The highest BCUT2D eigenvalue weighted by molar-refractivity contribution is 5.74. The summed E-state index contributed by atoms with van der Waals surface area (Å²) in [6.45, 7) is 4.41. The summed E-state index contributed by atoms with van der Waals surface area (Å²) in [7, 11) is 0. The van der Waals surface area contributed by atoms with E-state index in [1.165, 1.54) is 0 Å². The number of hydrogen-bond acceptors (Lipinski definition) is 1.